The molecule has 0 amide bonds. The fourth-order valence-electron chi connectivity index (χ4n) is 3.72. The van der Waals surface area contributed by atoms with E-state index in [2.05, 4.69) is 4.90 Å². The van der Waals surface area contributed by atoms with Gasteiger partial charge in [-0.3, -0.25) is 9.69 Å². The van der Waals surface area contributed by atoms with Gasteiger partial charge >= 0.3 is 5.97 Å². The van der Waals surface area contributed by atoms with Gasteiger partial charge in [0.05, 0.1) is 0 Å². The number of carboxylic acid groups (broad SMARTS) is 1. The van der Waals surface area contributed by atoms with E-state index in [1.54, 1.807) is 0 Å². The van der Waals surface area contributed by atoms with Crippen molar-refractivity contribution in [1.82, 2.24) is 4.90 Å². The van der Waals surface area contributed by atoms with Gasteiger partial charge in [-0.05, 0) is 42.4 Å². The number of likely N-dealkylation sites (tertiary alicyclic amines) is 1. The summed E-state index contributed by atoms with van der Waals surface area (Å²) in [4.78, 5) is 13.7. The number of halogens is 1. The van der Waals surface area contributed by atoms with Gasteiger partial charge in [-0.1, -0.05) is 30.2 Å². The van der Waals surface area contributed by atoms with Crippen molar-refractivity contribution in [1.29, 1.82) is 0 Å². The fraction of sp³-hybridized carbons (Fsp3) is 0.533. The molecular weight excluding hydrogens is 262 g/mol. The molecule has 2 fully saturated rings. The second-order valence-electron chi connectivity index (χ2n) is 5.69. The number of carbonyl (C=O) groups is 1. The Morgan fingerprint density at radius 3 is 2.74 bits per heavy atom. The zero-order valence-corrected chi connectivity index (χ0v) is 11.5. The smallest absolute Gasteiger partial charge is 0.321 e. The van der Waals surface area contributed by atoms with Crippen LogP contribution in [0.4, 0.5) is 0 Å². The van der Waals surface area contributed by atoms with Crippen molar-refractivity contribution in [3.05, 3.63) is 34.9 Å². The third-order valence-electron chi connectivity index (χ3n) is 4.54. The number of nitrogens with zero attached hydrogens (tertiary/aromatic N) is 1. The molecule has 0 aromatic heterocycles. The van der Waals surface area contributed by atoms with Crippen molar-refractivity contribution >= 4 is 17.6 Å². The summed E-state index contributed by atoms with van der Waals surface area (Å²) < 4.78 is 0. The van der Waals surface area contributed by atoms with Crippen molar-refractivity contribution in [2.75, 3.05) is 6.54 Å². The quantitative estimate of drug-likeness (QED) is 0.925. The number of benzene rings is 1. The van der Waals surface area contributed by atoms with Crippen LogP contribution in [0.2, 0.25) is 5.02 Å². The van der Waals surface area contributed by atoms with Crippen LogP contribution in [-0.2, 0) is 11.3 Å². The molecule has 1 N–H and O–H groups in total. The largest absolute Gasteiger partial charge is 0.480 e. The van der Waals surface area contributed by atoms with E-state index in [1.807, 2.05) is 24.3 Å². The molecule has 1 heterocycles. The summed E-state index contributed by atoms with van der Waals surface area (Å²) in [5, 5.41) is 10.2. The molecule has 1 aromatic rings. The lowest BCUT2D eigenvalue weighted by molar-refractivity contribution is -0.143. The van der Waals surface area contributed by atoms with Crippen LogP contribution in [0, 0.1) is 11.8 Å². The molecule has 1 saturated heterocycles. The van der Waals surface area contributed by atoms with Gasteiger partial charge in [-0.15, -0.1) is 0 Å². The standard InChI is InChI=1S/C15H18ClNO2/c16-12-6-4-10(5-7-12)8-17-9-11-2-1-3-13(11)14(17)15(18)19/h4-7,11,13-14H,1-3,8-9H2,(H,18,19). The van der Waals surface area contributed by atoms with Crippen molar-refractivity contribution in [2.24, 2.45) is 11.8 Å². The summed E-state index contributed by atoms with van der Waals surface area (Å²) >= 11 is 5.88. The molecule has 3 atom stereocenters. The average molecular weight is 280 g/mol. The SMILES string of the molecule is O=C(O)C1C2CCCC2CN1Cc1ccc(Cl)cc1. The van der Waals surface area contributed by atoms with E-state index >= 15 is 0 Å². The molecule has 0 spiro atoms. The van der Waals surface area contributed by atoms with Crippen LogP contribution in [0.25, 0.3) is 0 Å². The van der Waals surface area contributed by atoms with Gasteiger partial charge in [0.25, 0.3) is 0 Å². The Hall–Kier alpha value is -1.06. The second kappa shape index (κ2) is 5.14. The van der Waals surface area contributed by atoms with Gasteiger partial charge in [0, 0.05) is 18.1 Å². The molecule has 1 aliphatic heterocycles. The first-order valence-corrected chi connectivity index (χ1v) is 7.24. The van der Waals surface area contributed by atoms with Crippen LogP contribution in [0.1, 0.15) is 24.8 Å². The van der Waals surface area contributed by atoms with Crippen LogP contribution in [0.3, 0.4) is 0 Å². The molecule has 0 bridgehead atoms. The molecule has 3 nitrogen and oxygen atoms in total. The van der Waals surface area contributed by atoms with E-state index in [0.717, 1.165) is 23.6 Å². The van der Waals surface area contributed by atoms with Crippen LogP contribution in [-0.4, -0.2) is 28.6 Å². The first-order valence-electron chi connectivity index (χ1n) is 6.86. The summed E-state index contributed by atoms with van der Waals surface area (Å²) in [6.45, 7) is 1.63. The lowest BCUT2D eigenvalue weighted by Gasteiger charge is -2.24. The van der Waals surface area contributed by atoms with Gasteiger partial charge in [0.1, 0.15) is 6.04 Å². The molecule has 102 valence electrons. The van der Waals surface area contributed by atoms with Gasteiger partial charge < -0.3 is 5.11 Å². The summed E-state index contributed by atoms with van der Waals surface area (Å²) in [6.07, 6.45) is 3.44. The summed E-state index contributed by atoms with van der Waals surface area (Å²) in [5.41, 5.74) is 1.13. The molecule has 2 aliphatic rings. The monoisotopic (exact) mass is 279 g/mol. The highest BCUT2D eigenvalue weighted by molar-refractivity contribution is 6.30. The zero-order valence-electron chi connectivity index (χ0n) is 10.8. The zero-order chi connectivity index (χ0) is 13.4. The Bertz CT molecular complexity index is 474. The number of aliphatic carboxylic acids is 1. The predicted molar refractivity (Wildman–Crippen MR) is 74.1 cm³/mol. The Kier molecular flexibility index (Phi) is 3.50. The van der Waals surface area contributed by atoms with Gasteiger partial charge in [-0.25, -0.2) is 0 Å². The van der Waals surface area contributed by atoms with Crippen molar-refractivity contribution < 1.29 is 9.90 Å². The fourth-order valence-corrected chi connectivity index (χ4v) is 3.85. The maximum atomic E-state index is 11.5. The van der Waals surface area contributed by atoms with Crippen molar-refractivity contribution in [2.45, 2.75) is 31.8 Å². The van der Waals surface area contributed by atoms with Crippen LogP contribution >= 0.6 is 11.6 Å². The lowest BCUT2D eigenvalue weighted by Crippen LogP contribution is -2.39. The maximum Gasteiger partial charge on any atom is 0.321 e. The predicted octanol–water partition coefficient (Wildman–Crippen LogP) is 3.03. The number of carboxylic acids is 1. The van der Waals surface area contributed by atoms with E-state index in [1.165, 1.54) is 12.8 Å². The average Bonchev–Trinajstić information content (AvgIpc) is 2.91. The molecule has 1 aliphatic carbocycles. The first-order chi connectivity index (χ1) is 9.15. The number of rotatable bonds is 3. The normalized spacial score (nSPS) is 30.5. The van der Waals surface area contributed by atoms with Gasteiger partial charge in [0.15, 0.2) is 0 Å². The molecule has 1 aromatic carbocycles. The van der Waals surface area contributed by atoms with Crippen molar-refractivity contribution in [3.8, 4) is 0 Å². The lowest BCUT2D eigenvalue weighted by atomic mass is 9.94. The van der Waals surface area contributed by atoms with Crippen LogP contribution in [0.5, 0.6) is 0 Å². The third-order valence-corrected chi connectivity index (χ3v) is 4.79. The molecular formula is C15H18ClNO2. The van der Waals surface area contributed by atoms with Crippen molar-refractivity contribution in [3.63, 3.8) is 0 Å². The Balaban J connectivity index is 1.76. The highest BCUT2D eigenvalue weighted by atomic mass is 35.5. The van der Waals surface area contributed by atoms with E-state index in [0.29, 0.717) is 18.4 Å². The van der Waals surface area contributed by atoms with Gasteiger partial charge in [-0.2, -0.15) is 0 Å². The third kappa shape index (κ3) is 2.49. The highest BCUT2D eigenvalue weighted by Gasteiger charge is 2.47. The summed E-state index contributed by atoms with van der Waals surface area (Å²) in [7, 11) is 0. The number of fused-ring (bicyclic) bond motifs is 1. The molecule has 3 rings (SSSR count). The first kappa shape index (κ1) is 12.9. The van der Waals surface area contributed by atoms with Gasteiger partial charge in [0.2, 0.25) is 0 Å². The number of hydrogen-bond donors (Lipinski definition) is 1. The van der Waals surface area contributed by atoms with E-state index in [9.17, 15) is 9.90 Å². The Morgan fingerprint density at radius 1 is 1.32 bits per heavy atom. The Morgan fingerprint density at radius 2 is 2.05 bits per heavy atom. The van der Waals surface area contributed by atoms with Crippen LogP contribution < -0.4 is 0 Å². The topological polar surface area (TPSA) is 40.5 Å². The van der Waals surface area contributed by atoms with E-state index < -0.39 is 5.97 Å². The van der Waals surface area contributed by atoms with E-state index in [4.69, 9.17) is 11.6 Å². The molecule has 19 heavy (non-hydrogen) atoms. The number of hydrogen-bond acceptors (Lipinski definition) is 2. The molecule has 4 heteroatoms. The summed E-state index contributed by atoms with van der Waals surface area (Å²) in [5.74, 6) is 0.265. The summed E-state index contributed by atoms with van der Waals surface area (Å²) in [6, 6.07) is 7.39. The van der Waals surface area contributed by atoms with E-state index in [-0.39, 0.29) is 6.04 Å². The second-order valence-corrected chi connectivity index (χ2v) is 6.13. The minimum absolute atomic E-state index is 0.303. The molecule has 1 saturated carbocycles. The highest BCUT2D eigenvalue weighted by Crippen LogP contribution is 2.42. The Labute approximate surface area is 118 Å². The molecule has 0 radical (unpaired) electrons. The minimum Gasteiger partial charge on any atom is -0.480 e. The maximum absolute atomic E-state index is 11.5. The minimum atomic E-state index is -0.664. The molecule has 3 unspecified atom stereocenters. The van der Waals surface area contributed by atoms with Crippen LogP contribution in [0.15, 0.2) is 24.3 Å².